The minimum atomic E-state index is 0. The third-order valence-corrected chi connectivity index (χ3v) is 4.03. The molecular weight excluding hydrogens is 417 g/mol. The number of rotatable bonds is 7. The fourth-order valence-corrected chi connectivity index (χ4v) is 2.68. The van der Waals surface area contributed by atoms with Crippen LogP contribution in [0, 0.1) is 13.8 Å². The molecular formula is C18H30IN3O2. The van der Waals surface area contributed by atoms with E-state index in [1.807, 2.05) is 0 Å². The van der Waals surface area contributed by atoms with E-state index in [9.17, 15) is 0 Å². The van der Waals surface area contributed by atoms with Crippen LogP contribution in [0.25, 0.3) is 0 Å². The fraction of sp³-hybridized carbons (Fsp3) is 0.611. The molecule has 0 saturated carbocycles. The van der Waals surface area contributed by atoms with Gasteiger partial charge in [0.25, 0.3) is 0 Å². The zero-order valence-electron chi connectivity index (χ0n) is 14.9. The van der Waals surface area contributed by atoms with E-state index in [0.717, 1.165) is 38.5 Å². The molecule has 1 unspecified atom stereocenters. The Kier molecular flexibility index (Phi) is 10.3. The van der Waals surface area contributed by atoms with Crippen molar-refractivity contribution in [3.05, 3.63) is 34.9 Å². The maximum absolute atomic E-state index is 5.64. The van der Waals surface area contributed by atoms with E-state index >= 15 is 0 Å². The second-order valence-corrected chi connectivity index (χ2v) is 5.99. The summed E-state index contributed by atoms with van der Waals surface area (Å²) < 4.78 is 11.2. The number of benzene rings is 1. The van der Waals surface area contributed by atoms with Crippen LogP contribution in [0.1, 0.15) is 29.5 Å². The van der Waals surface area contributed by atoms with Crippen LogP contribution in [0.4, 0.5) is 0 Å². The molecule has 1 aliphatic heterocycles. The highest BCUT2D eigenvalue weighted by molar-refractivity contribution is 14.0. The Labute approximate surface area is 162 Å². The quantitative estimate of drug-likeness (QED) is 0.292. The normalized spacial score (nSPS) is 17.5. The van der Waals surface area contributed by atoms with Crippen LogP contribution in [0.2, 0.25) is 0 Å². The van der Waals surface area contributed by atoms with Crippen LogP contribution in [0.15, 0.2) is 23.2 Å². The molecule has 24 heavy (non-hydrogen) atoms. The van der Waals surface area contributed by atoms with Gasteiger partial charge in [0.1, 0.15) is 0 Å². The number of nitrogens with one attached hydrogen (secondary N) is 2. The summed E-state index contributed by atoms with van der Waals surface area (Å²) in [5, 5.41) is 6.61. The molecule has 0 bridgehead atoms. The lowest BCUT2D eigenvalue weighted by Crippen LogP contribution is -2.38. The van der Waals surface area contributed by atoms with Crippen LogP contribution in [-0.4, -0.2) is 45.5 Å². The zero-order chi connectivity index (χ0) is 16.5. The number of hydrogen-bond acceptors (Lipinski definition) is 3. The number of nitrogens with zero attached hydrogens (tertiary/aromatic N) is 1. The first-order valence-electron chi connectivity index (χ1n) is 8.39. The number of halogens is 1. The highest BCUT2D eigenvalue weighted by Gasteiger charge is 2.14. The summed E-state index contributed by atoms with van der Waals surface area (Å²) in [5.41, 5.74) is 3.87. The van der Waals surface area contributed by atoms with Crippen LogP contribution < -0.4 is 10.6 Å². The summed E-state index contributed by atoms with van der Waals surface area (Å²) >= 11 is 0. The number of ether oxygens (including phenoxy) is 2. The average Bonchev–Trinajstić information content (AvgIpc) is 3.05. The lowest BCUT2D eigenvalue weighted by molar-refractivity contribution is 0.0191. The van der Waals surface area contributed by atoms with Gasteiger partial charge in [0.05, 0.1) is 19.3 Å². The maximum Gasteiger partial charge on any atom is 0.191 e. The molecule has 1 heterocycles. The molecule has 5 nitrogen and oxygen atoms in total. The van der Waals surface area contributed by atoms with Gasteiger partial charge in [0.2, 0.25) is 0 Å². The predicted octanol–water partition coefficient (Wildman–Crippen LogP) is 2.78. The Hall–Kier alpha value is -0.860. The first-order valence-corrected chi connectivity index (χ1v) is 8.39. The van der Waals surface area contributed by atoms with E-state index in [1.54, 1.807) is 7.05 Å². The highest BCUT2D eigenvalue weighted by atomic mass is 127. The molecule has 1 saturated heterocycles. The van der Waals surface area contributed by atoms with E-state index in [1.165, 1.54) is 16.7 Å². The molecule has 0 spiro atoms. The van der Waals surface area contributed by atoms with Crippen molar-refractivity contribution in [2.45, 2.75) is 39.3 Å². The summed E-state index contributed by atoms with van der Waals surface area (Å²) in [7, 11) is 1.78. The first-order chi connectivity index (χ1) is 11.2. The van der Waals surface area contributed by atoms with Crippen molar-refractivity contribution in [2.24, 2.45) is 4.99 Å². The van der Waals surface area contributed by atoms with Crippen molar-refractivity contribution in [2.75, 3.05) is 33.4 Å². The van der Waals surface area contributed by atoms with Gasteiger partial charge in [-0.1, -0.05) is 23.8 Å². The van der Waals surface area contributed by atoms with Crippen LogP contribution in [-0.2, 0) is 16.0 Å². The summed E-state index contributed by atoms with van der Waals surface area (Å²) in [6, 6.07) is 6.50. The third kappa shape index (κ3) is 7.36. The summed E-state index contributed by atoms with van der Waals surface area (Å²) in [4.78, 5) is 4.24. The minimum absolute atomic E-state index is 0. The summed E-state index contributed by atoms with van der Waals surface area (Å²) in [5.74, 6) is 0.797. The standard InChI is InChI=1S/C18H29N3O2.HI/c1-14-6-7-16(15(2)11-14)12-21-18(19-3)20-8-10-22-13-17-5-4-9-23-17;/h6-7,11,17H,4-5,8-10,12-13H2,1-3H3,(H2,19,20,21);1H. The number of guanidine groups is 1. The molecule has 1 aromatic rings. The molecule has 1 aromatic carbocycles. The summed E-state index contributed by atoms with van der Waals surface area (Å²) in [6.07, 6.45) is 2.56. The lowest BCUT2D eigenvalue weighted by Gasteiger charge is -2.14. The lowest BCUT2D eigenvalue weighted by atomic mass is 10.1. The van der Waals surface area contributed by atoms with E-state index in [2.05, 4.69) is 47.7 Å². The molecule has 0 aliphatic carbocycles. The second-order valence-electron chi connectivity index (χ2n) is 5.99. The molecule has 0 aromatic heterocycles. The van der Waals surface area contributed by atoms with Crippen molar-refractivity contribution < 1.29 is 9.47 Å². The van der Waals surface area contributed by atoms with Crippen LogP contribution >= 0.6 is 24.0 Å². The SMILES string of the molecule is CN=C(NCCOCC1CCCO1)NCc1ccc(C)cc1C.I. The van der Waals surface area contributed by atoms with Crippen LogP contribution in [0.3, 0.4) is 0 Å². The second kappa shape index (κ2) is 11.7. The fourth-order valence-electron chi connectivity index (χ4n) is 2.68. The monoisotopic (exact) mass is 447 g/mol. The Morgan fingerprint density at radius 1 is 1.33 bits per heavy atom. The topological polar surface area (TPSA) is 54.9 Å². The molecule has 6 heteroatoms. The van der Waals surface area contributed by atoms with Gasteiger partial charge in [-0.2, -0.15) is 0 Å². The van der Waals surface area contributed by atoms with E-state index in [4.69, 9.17) is 9.47 Å². The molecule has 2 N–H and O–H groups in total. The van der Waals surface area contributed by atoms with Crippen molar-refractivity contribution in [1.82, 2.24) is 10.6 Å². The van der Waals surface area contributed by atoms with Gasteiger partial charge in [-0.3, -0.25) is 4.99 Å². The Bertz CT molecular complexity index is 517. The van der Waals surface area contributed by atoms with Gasteiger partial charge in [-0.15, -0.1) is 24.0 Å². The number of aliphatic imine (C=N–C) groups is 1. The zero-order valence-corrected chi connectivity index (χ0v) is 17.3. The van der Waals surface area contributed by atoms with Gasteiger partial charge in [0.15, 0.2) is 5.96 Å². The molecule has 1 atom stereocenters. The predicted molar refractivity (Wildman–Crippen MR) is 109 cm³/mol. The van der Waals surface area contributed by atoms with E-state index < -0.39 is 0 Å². The van der Waals surface area contributed by atoms with Crippen molar-refractivity contribution in [1.29, 1.82) is 0 Å². The van der Waals surface area contributed by atoms with E-state index in [-0.39, 0.29) is 30.1 Å². The molecule has 0 amide bonds. The molecule has 1 aliphatic rings. The Morgan fingerprint density at radius 2 is 2.17 bits per heavy atom. The number of hydrogen-bond donors (Lipinski definition) is 2. The molecule has 2 rings (SSSR count). The van der Waals surface area contributed by atoms with Gasteiger partial charge in [-0.05, 0) is 37.8 Å². The van der Waals surface area contributed by atoms with E-state index in [0.29, 0.717) is 13.2 Å². The van der Waals surface area contributed by atoms with Gasteiger partial charge in [-0.25, -0.2) is 0 Å². The number of aryl methyl sites for hydroxylation is 2. The van der Waals surface area contributed by atoms with Crippen molar-refractivity contribution in [3.63, 3.8) is 0 Å². The van der Waals surface area contributed by atoms with Gasteiger partial charge >= 0.3 is 0 Å². The maximum atomic E-state index is 5.64. The highest BCUT2D eigenvalue weighted by Crippen LogP contribution is 2.11. The molecule has 136 valence electrons. The Balaban J connectivity index is 0.00000288. The summed E-state index contributed by atoms with van der Waals surface area (Å²) in [6.45, 7) is 7.98. The van der Waals surface area contributed by atoms with Gasteiger partial charge in [0, 0.05) is 26.7 Å². The third-order valence-electron chi connectivity index (χ3n) is 4.03. The average molecular weight is 447 g/mol. The van der Waals surface area contributed by atoms with Crippen molar-refractivity contribution in [3.8, 4) is 0 Å². The molecule has 0 radical (unpaired) electrons. The smallest absolute Gasteiger partial charge is 0.191 e. The van der Waals surface area contributed by atoms with Crippen LogP contribution in [0.5, 0.6) is 0 Å². The largest absolute Gasteiger partial charge is 0.377 e. The minimum Gasteiger partial charge on any atom is -0.377 e. The van der Waals surface area contributed by atoms with Gasteiger partial charge < -0.3 is 20.1 Å². The Morgan fingerprint density at radius 3 is 2.83 bits per heavy atom. The van der Waals surface area contributed by atoms with Crippen molar-refractivity contribution >= 4 is 29.9 Å². The molecule has 1 fully saturated rings. The first kappa shape index (κ1) is 21.2.